The molecule has 0 aliphatic heterocycles. The molecule has 0 radical (unpaired) electrons. The van der Waals surface area contributed by atoms with Gasteiger partial charge in [0.05, 0.1) is 0 Å². The smallest absolute Gasteiger partial charge is 0.326 e. The van der Waals surface area contributed by atoms with Gasteiger partial charge in [-0.15, -0.1) is 0 Å². The number of rotatable bonds is 5. The zero-order valence-corrected chi connectivity index (χ0v) is 10.7. The van der Waals surface area contributed by atoms with E-state index in [-0.39, 0.29) is 5.92 Å². The molecule has 2 N–H and O–H groups in total. The molecule has 2 atom stereocenters. The van der Waals surface area contributed by atoms with Crippen LogP contribution in [0.1, 0.15) is 48.0 Å². The maximum absolute atomic E-state index is 10.5. The molecule has 0 aliphatic carbocycles. The number of hydrogen-bond donors (Lipinski definition) is 2. The summed E-state index contributed by atoms with van der Waals surface area (Å²) in [5.41, 5.74) is 0. The molecule has 0 aromatic heterocycles. The van der Waals surface area contributed by atoms with Gasteiger partial charge in [0.15, 0.2) is 0 Å². The normalized spacial score (nSPS) is 11.9. The van der Waals surface area contributed by atoms with Crippen molar-refractivity contribution in [3.8, 4) is 0 Å². The molecule has 92 valence electrons. The molecule has 0 bridgehead atoms. The Bertz CT molecular complexity index is 149. The number of carboxylic acid groups (broad SMARTS) is 1. The highest BCUT2D eigenvalue weighted by atomic mass is 16.4. The van der Waals surface area contributed by atoms with Gasteiger partial charge in [-0.25, -0.2) is 4.79 Å². The molecule has 0 saturated carbocycles. The van der Waals surface area contributed by atoms with Crippen molar-refractivity contribution in [2.24, 2.45) is 5.92 Å². The number of carbonyl (C=O) groups excluding carboxylic acids is 1. The van der Waals surface area contributed by atoms with E-state index in [0.29, 0.717) is 6.41 Å². The molecule has 0 spiro atoms. The average molecular weight is 219 g/mol. The predicted octanol–water partition coefficient (Wildman–Crippen LogP) is 2.28. The molecule has 0 aromatic rings. The van der Waals surface area contributed by atoms with Gasteiger partial charge in [-0.3, -0.25) is 4.79 Å². The van der Waals surface area contributed by atoms with Gasteiger partial charge < -0.3 is 10.4 Å². The molecule has 1 amide bonds. The maximum atomic E-state index is 10.5. The standard InChI is InChI=1S/C7H13NO3.2C2H6/c1-3-5(2)6(7(10)11)8-4-9;2*1-2/h4-6H,3H2,1-2H3,(H,8,9)(H,10,11);2*1-2H3. The fraction of sp³-hybridized carbons (Fsp3) is 0.818. The van der Waals surface area contributed by atoms with Crippen LogP contribution in [-0.4, -0.2) is 23.5 Å². The highest BCUT2D eigenvalue weighted by Crippen LogP contribution is 2.06. The molecule has 0 rings (SSSR count). The summed E-state index contributed by atoms with van der Waals surface area (Å²) in [4.78, 5) is 20.4. The van der Waals surface area contributed by atoms with Crippen molar-refractivity contribution in [1.82, 2.24) is 5.32 Å². The van der Waals surface area contributed by atoms with Crippen LogP contribution in [0.15, 0.2) is 0 Å². The Hall–Kier alpha value is -1.06. The van der Waals surface area contributed by atoms with Gasteiger partial charge in [-0.2, -0.15) is 0 Å². The Morgan fingerprint density at radius 3 is 1.93 bits per heavy atom. The van der Waals surface area contributed by atoms with Crippen molar-refractivity contribution in [1.29, 1.82) is 0 Å². The third-order valence-corrected chi connectivity index (χ3v) is 1.73. The fourth-order valence-electron chi connectivity index (χ4n) is 0.788. The van der Waals surface area contributed by atoms with Crippen LogP contribution >= 0.6 is 0 Å². The molecular weight excluding hydrogens is 194 g/mol. The first kappa shape index (κ1) is 19.5. The zero-order valence-electron chi connectivity index (χ0n) is 10.7. The minimum Gasteiger partial charge on any atom is -0.480 e. The second-order valence-electron chi connectivity index (χ2n) is 2.49. The fourth-order valence-corrected chi connectivity index (χ4v) is 0.788. The predicted molar refractivity (Wildman–Crippen MR) is 62.8 cm³/mol. The summed E-state index contributed by atoms with van der Waals surface area (Å²) in [6.45, 7) is 11.7. The summed E-state index contributed by atoms with van der Waals surface area (Å²) in [6.07, 6.45) is 1.16. The van der Waals surface area contributed by atoms with Crippen molar-refractivity contribution in [2.75, 3.05) is 0 Å². The lowest BCUT2D eigenvalue weighted by Crippen LogP contribution is -2.40. The van der Waals surface area contributed by atoms with E-state index in [1.807, 2.05) is 34.6 Å². The first-order chi connectivity index (χ1) is 7.13. The van der Waals surface area contributed by atoms with E-state index in [2.05, 4.69) is 5.32 Å². The van der Waals surface area contributed by atoms with Gasteiger partial charge in [0.25, 0.3) is 0 Å². The van der Waals surface area contributed by atoms with Crippen LogP contribution in [0.3, 0.4) is 0 Å². The SMILES string of the molecule is CC.CC.CCC(C)C(NC=O)C(=O)O. The summed E-state index contributed by atoms with van der Waals surface area (Å²) < 4.78 is 0. The number of amides is 1. The van der Waals surface area contributed by atoms with Crippen LogP contribution in [0.4, 0.5) is 0 Å². The summed E-state index contributed by atoms with van der Waals surface area (Å²) in [5, 5.41) is 10.8. The third-order valence-electron chi connectivity index (χ3n) is 1.73. The van der Waals surface area contributed by atoms with Crippen molar-refractivity contribution in [3.05, 3.63) is 0 Å². The molecule has 0 saturated heterocycles. The summed E-state index contributed by atoms with van der Waals surface area (Å²) >= 11 is 0. The molecule has 0 fully saturated rings. The number of aliphatic carboxylic acids is 1. The largest absolute Gasteiger partial charge is 0.480 e. The van der Waals surface area contributed by atoms with Crippen molar-refractivity contribution < 1.29 is 14.7 Å². The lowest BCUT2D eigenvalue weighted by atomic mass is 10.00. The lowest BCUT2D eigenvalue weighted by Gasteiger charge is -2.16. The van der Waals surface area contributed by atoms with E-state index < -0.39 is 12.0 Å². The quantitative estimate of drug-likeness (QED) is 0.697. The van der Waals surface area contributed by atoms with Crippen LogP contribution in [0, 0.1) is 5.92 Å². The second kappa shape index (κ2) is 15.4. The minimum absolute atomic E-state index is 0.0299. The van der Waals surface area contributed by atoms with E-state index >= 15 is 0 Å². The zero-order chi connectivity index (χ0) is 12.9. The molecule has 0 aromatic carbocycles. The second-order valence-corrected chi connectivity index (χ2v) is 2.49. The van der Waals surface area contributed by atoms with Crippen LogP contribution in [0.2, 0.25) is 0 Å². The number of carbonyl (C=O) groups is 2. The summed E-state index contributed by atoms with van der Waals surface area (Å²) in [5.74, 6) is -1.01. The minimum atomic E-state index is -0.980. The van der Waals surface area contributed by atoms with Crippen molar-refractivity contribution in [3.63, 3.8) is 0 Å². The van der Waals surface area contributed by atoms with Crippen molar-refractivity contribution in [2.45, 2.75) is 54.0 Å². The highest BCUT2D eigenvalue weighted by molar-refractivity contribution is 5.76. The summed E-state index contributed by atoms with van der Waals surface area (Å²) in [6, 6.07) is -0.752. The van der Waals surface area contributed by atoms with E-state index in [4.69, 9.17) is 5.11 Å². The maximum Gasteiger partial charge on any atom is 0.326 e. The molecule has 4 nitrogen and oxygen atoms in total. The van der Waals surface area contributed by atoms with Gasteiger partial charge in [0.2, 0.25) is 6.41 Å². The summed E-state index contributed by atoms with van der Waals surface area (Å²) in [7, 11) is 0. The molecule has 4 heteroatoms. The van der Waals surface area contributed by atoms with Gasteiger partial charge in [0, 0.05) is 0 Å². The molecule has 0 heterocycles. The number of carboxylic acids is 1. The highest BCUT2D eigenvalue weighted by Gasteiger charge is 2.21. The molecule has 2 unspecified atom stereocenters. The first-order valence-corrected chi connectivity index (χ1v) is 5.56. The molecule has 0 aliphatic rings. The van der Waals surface area contributed by atoms with E-state index in [9.17, 15) is 9.59 Å². The Balaban J connectivity index is -0.000000318. The number of hydrogen-bond acceptors (Lipinski definition) is 2. The van der Waals surface area contributed by atoms with Crippen LogP contribution < -0.4 is 5.32 Å². The Morgan fingerprint density at radius 2 is 1.73 bits per heavy atom. The molecule has 15 heavy (non-hydrogen) atoms. The van der Waals surface area contributed by atoms with Gasteiger partial charge in [-0.05, 0) is 5.92 Å². The topological polar surface area (TPSA) is 66.4 Å². The third kappa shape index (κ3) is 10.9. The van der Waals surface area contributed by atoms with Crippen LogP contribution in [0.5, 0.6) is 0 Å². The van der Waals surface area contributed by atoms with E-state index in [1.54, 1.807) is 6.92 Å². The van der Waals surface area contributed by atoms with Gasteiger partial charge in [-0.1, -0.05) is 48.0 Å². The monoisotopic (exact) mass is 219 g/mol. The Labute approximate surface area is 93.1 Å². The number of nitrogens with one attached hydrogen (secondary N) is 1. The van der Waals surface area contributed by atoms with Crippen molar-refractivity contribution >= 4 is 12.4 Å². The van der Waals surface area contributed by atoms with E-state index in [0.717, 1.165) is 6.42 Å². The van der Waals surface area contributed by atoms with Gasteiger partial charge in [0.1, 0.15) is 6.04 Å². The Morgan fingerprint density at radius 1 is 1.33 bits per heavy atom. The van der Waals surface area contributed by atoms with Crippen LogP contribution in [-0.2, 0) is 9.59 Å². The molecular formula is C11H25NO3. The lowest BCUT2D eigenvalue weighted by molar-refractivity contribution is -0.142. The Kier molecular flexibility index (Phi) is 20.0. The van der Waals surface area contributed by atoms with Gasteiger partial charge >= 0.3 is 5.97 Å². The van der Waals surface area contributed by atoms with Crippen LogP contribution in [0.25, 0.3) is 0 Å². The average Bonchev–Trinajstić information content (AvgIpc) is 2.30. The first-order valence-electron chi connectivity index (χ1n) is 5.56. The van der Waals surface area contributed by atoms with E-state index in [1.165, 1.54) is 0 Å².